The largest absolute Gasteiger partial charge is 0.480 e. The predicted molar refractivity (Wildman–Crippen MR) is 77.4 cm³/mol. The van der Waals surface area contributed by atoms with E-state index in [0.29, 0.717) is 28.8 Å². The average molecular weight is 341 g/mol. The van der Waals surface area contributed by atoms with Gasteiger partial charge in [0, 0.05) is 16.9 Å². The van der Waals surface area contributed by atoms with E-state index in [1.807, 2.05) is 6.92 Å². The minimum atomic E-state index is -1.16. The number of aromatic nitrogens is 1. The van der Waals surface area contributed by atoms with Crippen LogP contribution in [-0.2, 0) is 4.79 Å². The Labute approximate surface area is 125 Å². The van der Waals surface area contributed by atoms with Gasteiger partial charge in [0.2, 0.25) is 0 Å². The predicted octanol–water partition coefficient (Wildman–Crippen LogP) is 2.61. The van der Waals surface area contributed by atoms with E-state index in [9.17, 15) is 14.7 Å². The molecule has 1 aliphatic carbocycles. The minimum absolute atomic E-state index is 0.292. The normalized spacial score (nSPS) is 26.0. The molecule has 2 rings (SSSR count). The Morgan fingerprint density at radius 3 is 2.85 bits per heavy atom. The Hall–Kier alpha value is -1.43. The SMILES string of the molecule is CC1CCCC(NC(=O)c2cncc(Br)c2)(C(=O)O)C1. The maximum absolute atomic E-state index is 12.2. The van der Waals surface area contributed by atoms with Crippen molar-refractivity contribution in [2.45, 2.75) is 38.1 Å². The number of carbonyl (C=O) groups excluding carboxylic acids is 1. The number of aliphatic carboxylic acids is 1. The minimum Gasteiger partial charge on any atom is -0.480 e. The second-order valence-corrected chi connectivity index (χ2v) is 6.35. The summed E-state index contributed by atoms with van der Waals surface area (Å²) < 4.78 is 0.687. The molecule has 0 spiro atoms. The summed E-state index contributed by atoms with van der Waals surface area (Å²) in [5, 5.41) is 12.2. The Bertz CT molecular complexity index is 535. The molecule has 6 heteroatoms. The molecule has 1 aliphatic rings. The second kappa shape index (κ2) is 5.91. The molecule has 1 fully saturated rings. The molecule has 0 aromatic carbocycles. The lowest BCUT2D eigenvalue weighted by atomic mass is 9.76. The Balaban J connectivity index is 2.20. The van der Waals surface area contributed by atoms with Gasteiger partial charge in [-0.1, -0.05) is 19.8 Å². The molecule has 1 amide bonds. The lowest BCUT2D eigenvalue weighted by Gasteiger charge is -2.37. The van der Waals surface area contributed by atoms with Crippen LogP contribution in [0.25, 0.3) is 0 Å². The average Bonchev–Trinajstić information content (AvgIpc) is 2.38. The van der Waals surface area contributed by atoms with Crippen LogP contribution in [0.2, 0.25) is 0 Å². The number of hydrogen-bond acceptors (Lipinski definition) is 3. The zero-order valence-corrected chi connectivity index (χ0v) is 12.8. The molecule has 5 nitrogen and oxygen atoms in total. The highest BCUT2D eigenvalue weighted by atomic mass is 79.9. The molecule has 1 aromatic heterocycles. The second-order valence-electron chi connectivity index (χ2n) is 5.43. The lowest BCUT2D eigenvalue weighted by molar-refractivity contribution is -0.146. The number of carboxylic acid groups (broad SMARTS) is 1. The number of nitrogens with zero attached hydrogens (tertiary/aromatic N) is 1. The Morgan fingerprint density at radius 1 is 1.50 bits per heavy atom. The first-order valence-electron chi connectivity index (χ1n) is 6.59. The summed E-state index contributed by atoms with van der Waals surface area (Å²) in [5.74, 6) is -1.06. The van der Waals surface area contributed by atoms with E-state index in [2.05, 4.69) is 26.2 Å². The number of pyridine rings is 1. The smallest absolute Gasteiger partial charge is 0.329 e. The van der Waals surface area contributed by atoms with Crippen molar-refractivity contribution in [3.8, 4) is 0 Å². The van der Waals surface area contributed by atoms with Crippen molar-refractivity contribution >= 4 is 27.8 Å². The van der Waals surface area contributed by atoms with Crippen LogP contribution in [-0.4, -0.2) is 27.5 Å². The van der Waals surface area contributed by atoms with Gasteiger partial charge in [-0.15, -0.1) is 0 Å². The van der Waals surface area contributed by atoms with E-state index in [1.54, 1.807) is 12.3 Å². The number of halogens is 1. The van der Waals surface area contributed by atoms with Gasteiger partial charge in [-0.3, -0.25) is 9.78 Å². The van der Waals surface area contributed by atoms with Crippen LogP contribution < -0.4 is 5.32 Å². The van der Waals surface area contributed by atoms with Crippen LogP contribution in [0.15, 0.2) is 22.9 Å². The van der Waals surface area contributed by atoms with Gasteiger partial charge in [0.05, 0.1) is 5.56 Å². The van der Waals surface area contributed by atoms with E-state index in [-0.39, 0.29) is 0 Å². The molecule has 1 aromatic rings. The molecule has 20 heavy (non-hydrogen) atoms. The van der Waals surface area contributed by atoms with Gasteiger partial charge < -0.3 is 10.4 Å². The fourth-order valence-corrected chi connectivity index (χ4v) is 3.10. The summed E-state index contributed by atoms with van der Waals surface area (Å²) >= 11 is 3.25. The topological polar surface area (TPSA) is 79.3 Å². The lowest BCUT2D eigenvalue weighted by Crippen LogP contribution is -2.56. The third-order valence-corrected chi connectivity index (χ3v) is 4.16. The van der Waals surface area contributed by atoms with Crippen molar-refractivity contribution in [3.05, 3.63) is 28.5 Å². The summed E-state index contributed by atoms with van der Waals surface area (Å²) in [7, 11) is 0. The maximum Gasteiger partial charge on any atom is 0.329 e. The number of nitrogens with one attached hydrogen (secondary N) is 1. The van der Waals surface area contributed by atoms with Crippen molar-refractivity contribution < 1.29 is 14.7 Å². The summed E-state index contributed by atoms with van der Waals surface area (Å²) in [6.07, 6.45) is 5.76. The molecule has 2 atom stereocenters. The number of carbonyl (C=O) groups is 2. The highest BCUT2D eigenvalue weighted by molar-refractivity contribution is 9.10. The number of hydrogen-bond donors (Lipinski definition) is 2. The van der Waals surface area contributed by atoms with Gasteiger partial charge in [-0.2, -0.15) is 0 Å². The van der Waals surface area contributed by atoms with Gasteiger partial charge in [0.25, 0.3) is 5.91 Å². The van der Waals surface area contributed by atoms with Gasteiger partial charge >= 0.3 is 5.97 Å². The molecule has 2 unspecified atom stereocenters. The molecule has 1 saturated carbocycles. The van der Waals surface area contributed by atoms with E-state index >= 15 is 0 Å². The first-order valence-corrected chi connectivity index (χ1v) is 7.39. The summed E-state index contributed by atoms with van der Waals surface area (Å²) in [4.78, 5) is 27.8. The third-order valence-electron chi connectivity index (χ3n) is 3.73. The van der Waals surface area contributed by atoms with E-state index in [4.69, 9.17) is 0 Å². The molecular weight excluding hydrogens is 324 g/mol. The van der Waals surface area contributed by atoms with Crippen LogP contribution in [0.3, 0.4) is 0 Å². The van der Waals surface area contributed by atoms with E-state index in [1.165, 1.54) is 6.20 Å². The van der Waals surface area contributed by atoms with Crippen LogP contribution >= 0.6 is 15.9 Å². The molecule has 1 heterocycles. The van der Waals surface area contributed by atoms with Crippen molar-refractivity contribution in [2.75, 3.05) is 0 Å². The summed E-state index contributed by atoms with van der Waals surface area (Å²) in [5.41, 5.74) is -0.796. The fourth-order valence-electron chi connectivity index (χ4n) is 2.74. The molecule has 0 aliphatic heterocycles. The third kappa shape index (κ3) is 3.17. The van der Waals surface area contributed by atoms with Crippen molar-refractivity contribution in [1.29, 1.82) is 0 Å². The Morgan fingerprint density at radius 2 is 2.25 bits per heavy atom. The van der Waals surface area contributed by atoms with Gasteiger partial charge in [-0.25, -0.2) is 4.79 Å². The van der Waals surface area contributed by atoms with Crippen LogP contribution in [0.4, 0.5) is 0 Å². The van der Waals surface area contributed by atoms with E-state index in [0.717, 1.165) is 12.8 Å². The van der Waals surface area contributed by atoms with Gasteiger partial charge in [-0.05, 0) is 40.8 Å². The van der Waals surface area contributed by atoms with Crippen LogP contribution in [0.5, 0.6) is 0 Å². The quantitative estimate of drug-likeness (QED) is 0.886. The number of carboxylic acids is 1. The molecule has 2 N–H and O–H groups in total. The first-order chi connectivity index (χ1) is 9.43. The van der Waals surface area contributed by atoms with Crippen LogP contribution in [0, 0.1) is 5.92 Å². The number of rotatable bonds is 3. The molecule has 108 valence electrons. The van der Waals surface area contributed by atoms with Gasteiger partial charge in [0.1, 0.15) is 5.54 Å². The van der Waals surface area contributed by atoms with Crippen molar-refractivity contribution in [2.24, 2.45) is 5.92 Å². The maximum atomic E-state index is 12.2. The molecule has 0 radical (unpaired) electrons. The summed E-state index contributed by atoms with van der Waals surface area (Å²) in [6.45, 7) is 2.02. The highest BCUT2D eigenvalue weighted by Crippen LogP contribution is 2.32. The summed E-state index contributed by atoms with van der Waals surface area (Å²) in [6, 6.07) is 1.63. The first kappa shape index (κ1) is 15.0. The zero-order chi connectivity index (χ0) is 14.8. The molecule has 0 bridgehead atoms. The van der Waals surface area contributed by atoms with Gasteiger partial charge in [0.15, 0.2) is 0 Å². The van der Waals surface area contributed by atoms with E-state index < -0.39 is 17.4 Å². The molecular formula is C14H17BrN2O3. The fraction of sp³-hybridized carbons (Fsp3) is 0.500. The van der Waals surface area contributed by atoms with Crippen molar-refractivity contribution in [1.82, 2.24) is 10.3 Å². The van der Waals surface area contributed by atoms with Crippen LogP contribution in [0.1, 0.15) is 43.0 Å². The standard InChI is InChI=1S/C14H17BrN2O3/c1-9-3-2-4-14(6-9,13(19)20)17-12(18)10-5-11(15)8-16-7-10/h5,7-9H,2-4,6H2,1H3,(H,17,18)(H,19,20). The molecule has 0 saturated heterocycles. The Kier molecular flexibility index (Phi) is 4.42. The zero-order valence-electron chi connectivity index (χ0n) is 11.2. The highest BCUT2D eigenvalue weighted by Gasteiger charge is 2.43. The monoisotopic (exact) mass is 340 g/mol. The number of amides is 1. The van der Waals surface area contributed by atoms with Crippen molar-refractivity contribution in [3.63, 3.8) is 0 Å².